The number of hydrogen-bond acceptors (Lipinski definition) is 7. The van der Waals surface area contributed by atoms with Crippen LogP contribution in [0.1, 0.15) is 26.3 Å². The number of fused-ring (bicyclic) bond motifs is 1. The molecule has 0 saturated heterocycles. The number of aliphatic hydroxyl groups excluding tert-OH is 2. The third-order valence-electron chi connectivity index (χ3n) is 2.90. The van der Waals surface area contributed by atoms with Gasteiger partial charge in [-0.15, -0.1) is 9.35 Å². The van der Waals surface area contributed by atoms with Gasteiger partial charge in [-0.2, -0.15) is 8.42 Å². The summed E-state index contributed by atoms with van der Waals surface area (Å²) in [5.41, 5.74) is -0.108. The van der Waals surface area contributed by atoms with Crippen LogP contribution in [0.25, 0.3) is 0 Å². The topological polar surface area (TPSA) is 121 Å². The molecule has 8 nitrogen and oxygen atoms in total. The fraction of sp³-hybridized carbons (Fsp3) is 0.333. The first-order valence-electron chi connectivity index (χ1n) is 6.14. The molecule has 2 rings (SSSR count). The molecule has 2 N–H and O–H groups in total. The highest BCUT2D eigenvalue weighted by Crippen LogP contribution is 2.26. The quantitative estimate of drug-likeness (QED) is 0.673. The van der Waals surface area contributed by atoms with Gasteiger partial charge in [0.15, 0.2) is 0 Å². The Morgan fingerprint density at radius 2 is 1.74 bits per heavy atom. The van der Waals surface area contributed by atoms with Crippen LogP contribution >= 0.6 is 0 Å². The Kier molecular flexibility index (Phi) is 4.48. The fourth-order valence-corrected chi connectivity index (χ4v) is 2.90. The highest BCUT2D eigenvalue weighted by atomic mass is 32.2. The third kappa shape index (κ3) is 3.52. The number of alkyl halides is 2. The number of rotatable bonds is 6. The molecule has 2 amide bonds. The van der Waals surface area contributed by atoms with Crippen molar-refractivity contribution in [3.05, 3.63) is 34.9 Å². The summed E-state index contributed by atoms with van der Waals surface area (Å²) in [4.78, 5) is 23.9. The molecule has 0 atom stereocenters. The Labute approximate surface area is 129 Å². The lowest BCUT2D eigenvalue weighted by molar-refractivity contribution is -0.0385. The maximum atomic E-state index is 13.0. The summed E-state index contributed by atoms with van der Waals surface area (Å²) < 4.78 is 53.1. The molecule has 11 heteroatoms. The van der Waals surface area contributed by atoms with Crippen LogP contribution in [0.5, 0.6) is 0 Å². The van der Waals surface area contributed by atoms with Crippen molar-refractivity contribution in [2.45, 2.75) is 12.5 Å². The Bertz CT molecular complexity index is 763. The van der Waals surface area contributed by atoms with Crippen molar-refractivity contribution >= 4 is 21.9 Å². The number of hydrogen-bond donors (Lipinski definition) is 2. The SMILES string of the molecule is O=C1c2ccc(CO)cc2C(=O)N1OS(=O)(=O)CC(F)(F)CO. The van der Waals surface area contributed by atoms with Gasteiger partial charge in [0.05, 0.1) is 17.7 Å². The van der Waals surface area contributed by atoms with Crippen molar-refractivity contribution in [2.75, 3.05) is 12.4 Å². The lowest BCUT2D eigenvalue weighted by atomic mass is 10.1. The Hall–Kier alpha value is -1.95. The van der Waals surface area contributed by atoms with E-state index in [9.17, 15) is 26.8 Å². The van der Waals surface area contributed by atoms with Gasteiger partial charge in [0.2, 0.25) is 0 Å². The van der Waals surface area contributed by atoms with E-state index in [4.69, 9.17) is 10.2 Å². The Morgan fingerprint density at radius 1 is 1.13 bits per heavy atom. The molecule has 126 valence electrons. The van der Waals surface area contributed by atoms with Crippen LogP contribution < -0.4 is 0 Å². The Morgan fingerprint density at radius 3 is 2.30 bits per heavy atom. The summed E-state index contributed by atoms with van der Waals surface area (Å²) in [5, 5.41) is 17.2. The standard InChI is InChI=1S/C12H11F2NO7S/c13-12(14,5-17)6-23(20,21)22-15-10(18)8-2-1-7(4-16)3-9(8)11(15)19/h1-3,16-17H,4-6H2. The number of amides is 2. The summed E-state index contributed by atoms with van der Waals surface area (Å²) >= 11 is 0. The fourth-order valence-electron chi connectivity index (χ4n) is 1.88. The summed E-state index contributed by atoms with van der Waals surface area (Å²) in [7, 11) is -5.01. The minimum atomic E-state index is -5.01. The third-order valence-corrected chi connectivity index (χ3v) is 4.06. The number of benzene rings is 1. The molecule has 1 aliphatic heterocycles. The maximum Gasteiger partial charge on any atom is 0.294 e. The van der Waals surface area contributed by atoms with Crippen LogP contribution in [0, 0.1) is 0 Å². The van der Waals surface area contributed by atoms with Gasteiger partial charge in [0, 0.05) is 0 Å². The van der Waals surface area contributed by atoms with Crippen LogP contribution in [-0.4, -0.2) is 53.8 Å². The van der Waals surface area contributed by atoms with Gasteiger partial charge in [-0.05, 0) is 17.7 Å². The monoisotopic (exact) mass is 351 g/mol. The lowest BCUT2D eigenvalue weighted by Gasteiger charge is -2.16. The zero-order valence-corrected chi connectivity index (χ0v) is 12.2. The van der Waals surface area contributed by atoms with E-state index in [2.05, 4.69) is 4.28 Å². The van der Waals surface area contributed by atoms with E-state index >= 15 is 0 Å². The van der Waals surface area contributed by atoms with Crippen LogP contribution in [0.15, 0.2) is 18.2 Å². The molecule has 0 bridgehead atoms. The molecule has 1 heterocycles. The zero-order chi connectivity index (χ0) is 17.4. The first kappa shape index (κ1) is 17.4. The van der Waals surface area contributed by atoms with Gasteiger partial charge < -0.3 is 10.2 Å². The number of imide groups is 1. The van der Waals surface area contributed by atoms with Gasteiger partial charge in [0.1, 0.15) is 12.4 Å². The summed E-state index contributed by atoms with van der Waals surface area (Å²) in [6.07, 6.45) is 0. The number of halogens is 2. The molecule has 0 spiro atoms. The van der Waals surface area contributed by atoms with E-state index < -0.39 is 46.8 Å². The molecule has 0 radical (unpaired) electrons. The van der Waals surface area contributed by atoms with Crippen LogP contribution in [0.2, 0.25) is 0 Å². The van der Waals surface area contributed by atoms with E-state index in [1.807, 2.05) is 0 Å². The van der Waals surface area contributed by atoms with Crippen molar-refractivity contribution in [3.8, 4) is 0 Å². The zero-order valence-electron chi connectivity index (χ0n) is 11.4. The molecule has 23 heavy (non-hydrogen) atoms. The van der Waals surface area contributed by atoms with E-state index in [-0.39, 0.29) is 16.2 Å². The first-order valence-corrected chi connectivity index (χ1v) is 7.71. The highest BCUT2D eigenvalue weighted by Gasteiger charge is 2.43. The number of carbonyl (C=O) groups is 2. The van der Waals surface area contributed by atoms with E-state index in [1.54, 1.807) is 0 Å². The molecule has 0 aromatic heterocycles. The van der Waals surface area contributed by atoms with Crippen LogP contribution in [0.3, 0.4) is 0 Å². The summed E-state index contributed by atoms with van der Waals surface area (Å²) in [6, 6.07) is 3.68. The van der Waals surface area contributed by atoms with E-state index in [1.165, 1.54) is 12.1 Å². The molecule has 0 saturated carbocycles. The number of hydroxylamine groups is 2. The van der Waals surface area contributed by atoms with Crippen molar-refractivity contribution < 1.29 is 41.3 Å². The summed E-state index contributed by atoms with van der Waals surface area (Å²) in [6.45, 7) is -2.16. The van der Waals surface area contributed by atoms with Crippen molar-refractivity contribution in [1.82, 2.24) is 5.06 Å². The van der Waals surface area contributed by atoms with Crippen molar-refractivity contribution in [1.29, 1.82) is 0 Å². The van der Waals surface area contributed by atoms with Gasteiger partial charge in [-0.3, -0.25) is 9.59 Å². The van der Waals surface area contributed by atoms with E-state index in [0.29, 0.717) is 5.56 Å². The molecule has 1 aliphatic rings. The Balaban J connectivity index is 2.26. The molecular weight excluding hydrogens is 340 g/mol. The van der Waals surface area contributed by atoms with Crippen molar-refractivity contribution in [2.24, 2.45) is 0 Å². The first-order chi connectivity index (χ1) is 10.6. The second-order valence-electron chi connectivity index (χ2n) is 4.73. The normalized spacial score (nSPS) is 15.2. The smallest absolute Gasteiger partial charge is 0.294 e. The number of nitrogens with zero attached hydrogens (tertiary/aromatic N) is 1. The molecule has 1 aromatic carbocycles. The number of carbonyl (C=O) groups excluding carboxylic acids is 2. The van der Waals surface area contributed by atoms with Crippen LogP contribution in [0.4, 0.5) is 8.78 Å². The molecule has 0 fully saturated rings. The highest BCUT2D eigenvalue weighted by molar-refractivity contribution is 7.86. The predicted molar refractivity (Wildman–Crippen MR) is 69.8 cm³/mol. The average molecular weight is 351 g/mol. The predicted octanol–water partition coefficient (Wildman–Crippen LogP) is -0.336. The second kappa shape index (κ2) is 5.92. The minimum Gasteiger partial charge on any atom is -0.392 e. The molecular formula is C12H11F2NO7S. The largest absolute Gasteiger partial charge is 0.392 e. The van der Waals surface area contributed by atoms with Gasteiger partial charge >= 0.3 is 0 Å². The maximum absolute atomic E-state index is 13.0. The average Bonchev–Trinajstić information content (AvgIpc) is 2.70. The van der Waals surface area contributed by atoms with Gasteiger partial charge in [0.25, 0.3) is 27.9 Å². The second-order valence-corrected chi connectivity index (χ2v) is 6.29. The summed E-state index contributed by atoms with van der Waals surface area (Å²) in [5.74, 6) is -8.17. The van der Waals surface area contributed by atoms with E-state index in [0.717, 1.165) is 6.07 Å². The molecule has 0 unspecified atom stereocenters. The van der Waals surface area contributed by atoms with Crippen molar-refractivity contribution in [3.63, 3.8) is 0 Å². The lowest BCUT2D eigenvalue weighted by Crippen LogP contribution is -2.38. The number of aliphatic hydroxyl groups is 2. The minimum absolute atomic E-state index is 0.144. The van der Waals surface area contributed by atoms with Gasteiger partial charge in [-0.25, -0.2) is 8.78 Å². The molecule has 1 aromatic rings. The van der Waals surface area contributed by atoms with Crippen LogP contribution in [-0.2, 0) is 21.0 Å². The molecule has 0 aliphatic carbocycles. The van der Waals surface area contributed by atoms with Gasteiger partial charge in [-0.1, -0.05) is 6.07 Å².